The van der Waals surface area contributed by atoms with Gasteiger partial charge in [0.05, 0.1) is 31.0 Å². The molecule has 0 aromatic rings. The average molecular weight is 369 g/mol. The maximum atomic E-state index is 11.2. The van der Waals surface area contributed by atoms with E-state index in [0.29, 0.717) is 37.4 Å². The molecule has 0 aromatic heterocycles. The fourth-order valence-electron chi connectivity index (χ4n) is 3.84. The van der Waals surface area contributed by atoms with Crippen molar-refractivity contribution >= 4 is 5.97 Å². The smallest absolute Gasteiger partial charge is 0.305 e. The number of hydrogen-bond donors (Lipinski definition) is 0. The van der Waals surface area contributed by atoms with Gasteiger partial charge in [0.2, 0.25) is 0 Å². The third-order valence-corrected chi connectivity index (χ3v) is 5.61. The Morgan fingerprint density at radius 1 is 0.731 bits per heavy atom. The minimum Gasteiger partial charge on any atom is -0.466 e. The molecule has 2 saturated heterocycles. The van der Waals surface area contributed by atoms with Gasteiger partial charge in [-0.25, -0.2) is 0 Å². The van der Waals surface area contributed by atoms with Gasteiger partial charge in [-0.05, 0) is 26.2 Å². The van der Waals surface area contributed by atoms with Crippen molar-refractivity contribution in [3.63, 3.8) is 0 Å². The second-order valence-corrected chi connectivity index (χ2v) is 7.98. The molecule has 4 heteroatoms. The maximum Gasteiger partial charge on any atom is 0.305 e. The number of carbonyl (C=O) groups excluding carboxylic acids is 1. The highest BCUT2D eigenvalue weighted by Gasteiger charge is 2.47. The van der Waals surface area contributed by atoms with Gasteiger partial charge >= 0.3 is 5.97 Å². The Hall–Kier alpha value is -0.610. The number of hydrogen-bond acceptors (Lipinski definition) is 4. The lowest BCUT2D eigenvalue weighted by Crippen LogP contribution is -2.03. The molecule has 0 aromatic carbocycles. The molecule has 0 radical (unpaired) electrons. The SMILES string of the molecule is CCCCC[C@@H]1O[C@@H]1C[C@@H]1O[C@H]1CCCCCCCCCC(=O)OCC. The number of carbonyl (C=O) groups is 1. The molecule has 2 aliphatic heterocycles. The van der Waals surface area contributed by atoms with Gasteiger partial charge in [-0.3, -0.25) is 4.79 Å². The molecule has 0 N–H and O–H groups in total. The largest absolute Gasteiger partial charge is 0.466 e. The molecule has 2 aliphatic rings. The summed E-state index contributed by atoms with van der Waals surface area (Å²) < 4.78 is 16.5. The van der Waals surface area contributed by atoms with E-state index in [1.54, 1.807) is 0 Å². The first kappa shape index (κ1) is 21.7. The van der Waals surface area contributed by atoms with E-state index in [1.165, 1.54) is 64.2 Å². The molecule has 0 saturated carbocycles. The first-order chi connectivity index (χ1) is 12.7. The third kappa shape index (κ3) is 9.36. The Morgan fingerprint density at radius 3 is 1.85 bits per heavy atom. The Labute approximate surface area is 160 Å². The summed E-state index contributed by atoms with van der Waals surface area (Å²) in [6.45, 7) is 4.61. The first-order valence-electron chi connectivity index (χ1n) is 11.2. The summed E-state index contributed by atoms with van der Waals surface area (Å²) in [5.41, 5.74) is 0. The Kier molecular flexibility index (Phi) is 10.6. The van der Waals surface area contributed by atoms with E-state index in [2.05, 4.69) is 6.92 Å². The van der Waals surface area contributed by atoms with E-state index in [9.17, 15) is 4.79 Å². The van der Waals surface area contributed by atoms with Crippen LogP contribution >= 0.6 is 0 Å². The zero-order valence-electron chi connectivity index (χ0n) is 17.0. The highest BCUT2D eigenvalue weighted by atomic mass is 16.6. The molecule has 2 fully saturated rings. The van der Waals surface area contributed by atoms with Crippen LogP contribution in [0.2, 0.25) is 0 Å². The zero-order valence-corrected chi connectivity index (χ0v) is 17.0. The lowest BCUT2D eigenvalue weighted by Gasteiger charge is -2.02. The van der Waals surface area contributed by atoms with Crippen LogP contribution in [0.3, 0.4) is 0 Å². The van der Waals surface area contributed by atoms with E-state index >= 15 is 0 Å². The van der Waals surface area contributed by atoms with Gasteiger partial charge in [0.25, 0.3) is 0 Å². The molecule has 4 nitrogen and oxygen atoms in total. The van der Waals surface area contributed by atoms with Crippen LogP contribution < -0.4 is 0 Å². The Bertz CT molecular complexity index is 384. The number of rotatable bonds is 17. The monoisotopic (exact) mass is 368 g/mol. The number of unbranched alkanes of at least 4 members (excludes halogenated alkanes) is 8. The van der Waals surface area contributed by atoms with Crippen LogP contribution in [0.25, 0.3) is 0 Å². The summed E-state index contributed by atoms with van der Waals surface area (Å²) in [6, 6.07) is 0. The molecule has 0 amide bonds. The molecule has 2 rings (SSSR count). The minimum atomic E-state index is -0.0460. The van der Waals surface area contributed by atoms with E-state index in [0.717, 1.165) is 19.3 Å². The van der Waals surface area contributed by atoms with Crippen LogP contribution in [0.15, 0.2) is 0 Å². The first-order valence-corrected chi connectivity index (χ1v) is 11.2. The highest BCUT2D eigenvalue weighted by Crippen LogP contribution is 2.39. The second-order valence-electron chi connectivity index (χ2n) is 7.98. The summed E-state index contributed by atoms with van der Waals surface area (Å²) in [5.74, 6) is -0.0460. The Morgan fingerprint density at radius 2 is 1.27 bits per heavy atom. The molecule has 0 unspecified atom stereocenters. The maximum absolute atomic E-state index is 11.2. The topological polar surface area (TPSA) is 51.4 Å². The zero-order chi connectivity index (χ0) is 18.6. The van der Waals surface area contributed by atoms with E-state index in [1.807, 2.05) is 6.92 Å². The van der Waals surface area contributed by atoms with E-state index in [4.69, 9.17) is 14.2 Å². The second kappa shape index (κ2) is 12.7. The molecule has 26 heavy (non-hydrogen) atoms. The summed E-state index contributed by atoms with van der Waals surface area (Å²) in [6.07, 6.45) is 18.7. The average Bonchev–Trinajstić information content (AvgIpc) is 3.53. The van der Waals surface area contributed by atoms with Crippen molar-refractivity contribution < 1.29 is 19.0 Å². The molecule has 2 heterocycles. The van der Waals surface area contributed by atoms with Gasteiger partial charge in [0.1, 0.15) is 0 Å². The number of esters is 1. The lowest BCUT2D eigenvalue weighted by atomic mass is 10.0. The molecule has 0 bridgehead atoms. The predicted octanol–water partition coefficient (Wildman–Crippen LogP) is 5.57. The molecular formula is C22H40O4. The van der Waals surface area contributed by atoms with Crippen LogP contribution in [-0.2, 0) is 19.0 Å². The fourth-order valence-corrected chi connectivity index (χ4v) is 3.84. The van der Waals surface area contributed by atoms with Crippen molar-refractivity contribution in [2.45, 2.75) is 128 Å². The normalized spacial score (nSPS) is 26.7. The van der Waals surface area contributed by atoms with Crippen molar-refractivity contribution in [3.05, 3.63) is 0 Å². The van der Waals surface area contributed by atoms with E-state index < -0.39 is 0 Å². The van der Waals surface area contributed by atoms with Gasteiger partial charge in [0, 0.05) is 12.8 Å². The highest BCUT2D eigenvalue weighted by molar-refractivity contribution is 5.69. The van der Waals surface area contributed by atoms with Crippen LogP contribution in [0.1, 0.15) is 104 Å². The van der Waals surface area contributed by atoms with Crippen molar-refractivity contribution in [2.75, 3.05) is 6.61 Å². The van der Waals surface area contributed by atoms with Crippen molar-refractivity contribution in [3.8, 4) is 0 Å². The lowest BCUT2D eigenvalue weighted by molar-refractivity contribution is -0.143. The van der Waals surface area contributed by atoms with Crippen LogP contribution in [-0.4, -0.2) is 37.0 Å². The van der Waals surface area contributed by atoms with Crippen molar-refractivity contribution in [1.82, 2.24) is 0 Å². The van der Waals surface area contributed by atoms with Gasteiger partial charge in [-0.2, -0.15) is 0 Å². The molecule has 152 valence electrons. The quantitative estimate of drug-likeness (QED) is 0.191. The minimum absolute atomic E-state index is 0.0460. The predicted molar refractivity (Wildman–Crippen MR) is 104 cm³/mol. The molecule has 4 atom stereocenters. The molecule has 0 aliphatic carbocycles. The number of ether oxygens (including phenoxy) is 3. The van der Waals surface area contributed by atoms with Gasteiger partial charge in [0.15, 0.2) is 0 Å². The number of epoxide rings is 2. The Balaban J connectivity index is 1.31. The van der Waals surface area contributed by atoms with Crippen molar-refractivity contribution in [1.29, 1.82) is 0 Å². The van der Waals surface area contributed by atoms with Gasteiger partial charge < -0.3 is 14.2 Å². The fraction of sp³-hybridized carbons (Fsp3) is 0.955. The van der Waals surface area contributed by atoms with Crippen LogP contribution in [0.5, 0.6) is 0 Å². The summed E-state index contributed by atoms with van der Waals surface area (Å²) in [5, 5.41) is 0. The van der Waals surface area contributed by atoms with Crippen LogP contribution in [0, 0.1) is 0 Å². The summed E-state index contributed by atoms with van der Waals surface area (Å²) in [7, 11) is 0. The van der Waals surface area contributed by atoms with Gasteiger partial charge in [-0.1, -0.05) is 64.7 Å². The van der Waals surface area contributed by atoms with Gasteiger partial charge in [-0.15, -0.1) is 0 Å². The molecular weight excluding hydrogens is 328 g/mol. The standard InChI is InChI=1S/C22H40O4/c1-3-5-11-14-18-20(25-18)17-21-19(26-21)15-12-9-7-6-8-10-13-16-22(23)24-4-2/h18-21H,3-17H2,1-2H3/t18-,19-,20+,21-/m0/s1. The molecule has 0 spiro atoms. The summed E-state index contributed by atoms with van der Waals surface area (Å²) >= 11 is 0. The van der Waals surface area contributed by atoms with Crippen LogP contribution in [0.4, 0.5) is 0 Å². The van der Waals surface area contributed by atoms with Crippen molar-refractivity contribution in [2.24, 2.45) is 0 Å². The van der Waals surface area contributed by atoms with E-state index in [-0.39, 0.29) is 5.97 Å². The summed E-state index contributed by atoms with van der Waals surface area (Å²) in [4.78, 5) is 11.2. The third-order valence-electron chi connectivity index (χ3n) is 5.61.